The number of carbonyl (C=O) groups excluding carboxylic acids is 3. The van der Waals surface area contributed by atoms with Gasteiger partial charge in [0.15, 0.2) is 0 Å². The molecule has 18 rings (SSSR count). The predicted octanol–water partition coefficient (Wildman–Crippen LogP) is 14.9. The molecule has 0 saturated carbocycles. The maximum atomic E-state index is 14.3. The fourth-order valence-electron chi connectivity index (χ4n) is 14.9. The molecule has 0 bridgehead atoms. The van der Waals surface area contributed by atoms with E-state index in [1.807, 2.05) is 11.9 Å². The van der Waals surface area contributed by atoms with E-state index >= 15 is 0 Å². The van der Waals surface area contributed by atoms with E-state index in [-0.39, 0.29) is 175 Å². The number of aliphatic imine (C=N–C) groups is 3. The van der Waals surface area contributed by atoms with Gasteiger partial charge in [0.1, 0.15) is 52.4 Å². The van der Waals surface area contributed by atoms with Crippen LogP contribution in [0.4, 0.5) is 43.4 Å². The number of fused-ring (bicyclic) bond motifs is 3. The third kappa shape index (κ3) is 22.2. The highest BCUT2D eigenvalue weighted by Crippen LogP contribution is 2.34. The van der Waals surface area contributed by atoms with Gasteiger partial charge < -0.3 is 59.6 Å². The number of hydrogen-bond acceptors (Lipinski definition) is 15. The molecule has 6 saturated heterocycles. The van der Waals surface area contributed by atoms with E-state index in [0.717, 1.165) is 43.4 Å². The first-order valence-corrected chi connectivity index (χ1v) is 39.7. The van der Waals surface area contributed by atoms with Crippen molar-refractivity contribution in [1.82, 2.24) is 30.7 Å². The molecule has 0 spiro atoms. The Hall–Kier alpha value is -10.9. The number of nitrogens with one attached hydrogen (secondary N) is 3. The second-order valence-corrected chi connectivity index (χ2v) is 30.1. The minimum atomic E-state index is -3.78. The van der Waals surface area contributed by atoms with Crippen LogP contribution in [0, 0.1) is 52.7 Å². The molecule has 9 aliphatic rings. The van der Waals surface area contributed by atoms with Crippen LogP contribution in [0.25, 0.3) is 0 Å². The molecule has 9 aromatic rings. The fraction of sp³-hybridized carbons (Fsp3) is 0.394. The SMILES string of the molecule is [2H]c1cc(C(=O)NC2=NCc3ccc(C([2H])([2H])c4cc(F)c([2H])c(F)c4)cc32)c(CC2CC([2H])([2H])OC([2H])([2H])C2)c([2H])c1N1CCN(C)CC1.[2H]c1cc(C(=O)NC2=NCc3ccc(C([2H])([2H])c4cc(F)c([2H])c(F)c4)cc32)c(CC2CCOCC2)c([2H])c1N1C([2H])([2H])C([2H])([2H])N(C([2H])([2H])[2H])C([2H])([2H])C1([2H])[2H].[2H]c1cc(C(=O)NC2=NCc3ccc(C([2H])([2H])c4cc(F)c([2H])c(F)c4)cc32)c(CC2CCOCC2)c([2H])c1N1C([2H])([2H])C([2H])([2H])N(C)C([2H])([2H])C1([2H])[2H]. The summed E-state index contributed by atoms with van der Waals surface area (Å²) in [4.78, 5) is 59.4. The Labute approximate surface area is 769 Å². The molecule has 9 aromatic carbocycles. The Morgan fingerprint density at radius 3 is 1.07 bits per heavy atom. The van der Waals surface area contributed by atoms with E-state index < -0.39 is 214 Å². The normalized spacial score (nSPS) is 26.9. The Morgan fingerprint density at radius 1 is 0.398 bits per heavy atom. The highest BCUT2D eigenvalue weighted by molar-refractivity contribution is 6.16. The van der Waals surface area contributed by atoms with Crippen molar-refractivity contribution in [1.29, 1.82) is 0 Å². The molecule has 0 unspecified atom stereocenters. The number of hydrogen-bond donors (Lipinski definition) is 3. The average molecular weight is 1710 g/mol. The van der Waals surface area contributed by atoms with Gasteiger partial charge in [-0.15, -0.1) is 0 Å². The van der Waals surface area contributed by atoms with Crippen molar-refractivity contribution in [3.05, 3.63) is 299 Å². The van der Waals surface area contributed by atoms with E-state index in [1.54, 1.807) is 12.1 Å². The zero-order valence-electron chi connectivity index (χ0n) is 105. The summed E-state index contributed by atoms with van der Waals surface area (Å²) < 4.78 is 424. The lowest BCUT2D eigenvalue weighted by molar-refractivity contribution is 0.0663. The first-order valence-electron chi connectivity index (χ1n) is 58.7. The Bertz CT molecular complexity index is 7320. The first kappa shape index (κ1) is 50.8. The summed E-state index contributed by atoms with van der Waals surface area (Å²) in [6, 6.07) is 14.5. The van der Waals surface area contributed by atoms with Gasteiger partial charge in [-0.3, -0.25) is 29.4 Å². The van der Waals surface area contributed by atoms with E-state index in [1.165, 1.54) is 48.5 Å². The van der Waals surface area contributed by atoms with Gasteiger partial charge in [-0.05, 0) is 292 Å². The molecule has 3 N–H and O–H groups in total. The van der Waals surface area contributed by atoms with Gasteiger partial charge in [0.25, 0.3) is 17.7 Å². The highest BCUT2D eigenvalue weighted by atomic mass is 19.2. The molecular weight excluding hydrogens is 1570 g/mol. The molecule has 642 valence electrons. The van der Waals surface area contributed by atoms with Crippen molar-refractivity contribution in [3.63, 3.8) is 0 Å². The first-order chi connectivity index (χ1) is 74.5. The van der Waals surface area contributed by atoms with Crippen molar-refractivity contribution >= 4 is 52.3 Å². The molecule has 9 heterocycles. The number of halogens is 6. The monoisotopic (exact) mass is 1710 g/mol. The van der Waals surface area contributed by atoms with Gasteiger partial charge in [0, 0.05) is 210 Å². The van der Waals surface area contributed by atoms with Gasteiger partial charge in [-0.25, -0.2) is 26.3 Å². The molecule has 0 aromatic heterocycles. The van der Waals surface area contributed by atoms with Crippen LogP contribution in [0.1, 0.15) is 205 Å². The molecule has 0 radical (unpaired) electrons. The Kier molecular flexibility index (Phi) is 16.4. The van der Waals surface area contributed by atoms with Gasteiger partial charge >= 0.3 is 0 Å². The van der Waals surface area contributed by atoms with Crippen molar-refractivity contribution in [2.75, 3.05) is 153 Å². The number of piperazine rings is 3. The maximum Gasteiger partial charge on any atom is 0.257 e. The number of ether oxygens (including phenoxy) is 3. The van der Waals surface area contributed by atoms with Crippen LogP contribution in [0.15, 0.2) is 179 Å². The second-order valence-electron chi connectivity index (χ2n) is 30.1. The standard InChI is InChI=1S/3C33H36F2N4O2/c3*1-38-8-10-39(11-9-38)29-4-5-30(26(19-29)15-22-6-12-41-13-7-22)33(40)37-32-31-18-23(2-3-25(31)21-36-32)14-24-16-27(34)20-28(35)17-24/h3*2-5,16-20,22H,6-15,21H2,1H3,(H,36,37,40)/i1D3,4D,8D2,9D2,10D2,11D2,14D2,19D,20D;4D,8D2,9D2,10D2,11D2,14D2,19D,20D;4D,12D2,13D2,14D2,19D,20D. The van der Waals surface area contributed by atoms with Crippen LogP contribution in [0.3, 0.4) is 0 Å². The zero-order valence-corrected chi connectivity index (χ0v) is 66.5. The van der Waals surface area contributed by atoms with E-state index in [9.17, 15) is 44.8 Å². The molecule has 0 atom stereocenters. The second kappa shape index (κ2) is 39.8. The molecular formula is C99H108F6N12O6. The molecule has 9 aliphatic heterocycles. The number of amides is 3. The summed E-state index contributed by atoms with van der Waals surface area (Å²) in [7, 11) is 2.87. The minimum Gasteiger partial charge on any atom is -0.381 e. The molecule has 18 nitrogen and oxygen atoms in total. The Balaban J connectivity index is 0.000000170. The number of rotatable bonds is 18. The summed E-state index contributed by atoms with van der Waals surface area (Å²) in [5.74, 6) is -11.0. The van der Waals surface area contributed by atoms with Crippen LogP contribution in [-0.4, -0.2) is 189 Å². The van der Waals surface area contributed by atoms with E-state index in [4.69, 9.17) is 62.2 Å². The smallest absolute Gasteiger partial charge is 0.257 e. The van der Waals surface area contributed by atoms with Crippen molar-refractivity contribution in [2.24, 2.45) is 32.7 Å². The number of anilines is 3. The van der Waals surface area contributed by atoms with Gasteiger partial charge in [0.05, 0.1) is 48.4 Å². The largest absolute Gasteiger partial charge is 0.381 e. The number of amidine groups is 3. The molecule has 0 aliphatic carbocycles. The van der Waals surface area contributed by atoms with E-state index in [2.05, 4.69) is 35.8 Å². The molecule has 3 amide bonds. The number of likely N-dealkylation sites (N-methyl/N-ethyl adjacent to an activating group) is 3. The molecule has 6 fully saturated rings. The van der Waals surface area contributed by atoms with Crippen LogP contribution < -0.4 is 30.7 Å². The third-order valence-corrected chi connectivity index (χ3v) is 21.4. The molecule has 24 heteroatoms. The van der Waals surface area contributed by atoms with Crippen molar-refractivity contribution in [2.45, 2.75) is 96.5 Å². The average Bonchev–Trinajstić information content (AvgIpc) is 1.37. The molecule has 123 heavy (non-hydrogen) atoms. The van der Waals surface area contributed by atoms with Crippen LogP contribution in [0.2, 0.25) is 0 Å². The summed E-state index contributed by atoms with van der Waals surface area (Å²) in [5.41, 5.74) is -0.362. The predicted molar refractivity (Wildman–Crippen MR) is 470 cm³/mol. The van der Waals surface area contributed by atoms with Crippen LogP contribution >= 0.6 is 0 Å². The van der Waals surface area contributed by atoms with Gasteiger partial charge in [0.2, 0.25) is 0 Å². The number of carbonyl (C=O) groups is 3. The Morgan fingerprint density at radius 2 is 0.724 bits per heavy atom. The quantitative estimate of drug-likeness (QED) is 0.0696. The maximum absolute atomic E-state index is 14.3. The third-order valence-electron chi connectivity index (χ3n) is 21.4. The van der Waals surface area contributed by atoms with Crippen molar-refractivity contribution < 1.29 is 107 Å². The minimum absolute atomic E-state index is 0.0150. The fourth-order valence-corrected chi connectivity index (χ4v) is 14.9. The van der Waals surface area contributed by atoms with Gasteiger partial charge in [-0.1, -0.05) is 36.4 Å². The van der Waals surface area contributed by atoms with Gasteiger partial charge in [-0.2, -0.15) is 0 Å². The number of nitrogens with zero attached hydrogens (tertiary/aromatic N) is 9. The lowest BCUT2D eigenvalue weighted by Gasteiger charge is -2.34. The highest BCUT2D eigenvalue weighted by Gasteiger charge is 2.31. The topological polar surface area (TPSA) is 172 Å². The van der Waals surface area contributed by atoms with Crippen LogP contribution in [-0.2, 0) is 72.2 Å². The van der Waals surface area contributed by atoms with Crippen molar-refractivity contribution in [3.8, 4) is 0 Å². The lowest BCUT2D eigenvalue weighted by Crippen LogP contribution is -2.44. The summed E-state index contributed by atoms with van der Waals surface area (Å²) >= 11 is 0. The van der Waals surface area contributed by atoms with E-state index in [0.29, 0.717) is 123 Å². The lowest BCUT2D eigenvalue weighted by atomic mass is 9.89. The number of benzene rings is 9. The summed E-state index contributed by atoms with van der Waals surface area (Å²) in [6.07, 6.45) is -5.78. The van der Waals surface area contributed by atoms with Crippen LogP contribution in [0.5, 0.6) is 0 Å². The summed E-state index contributed by atoms with van der Waals surface area (Å²) in [5, 5.41) is 8.01. The zero-order chi connectivity index (χ0) is 119. The summed E-state index contributed by atoms with van der Waals surface area (Å²) in [6.45, 7) is -32.0.